The summed E-state index contributed by atoms with van der Waals surface area (Å²) in [7, 11) is -2.42. The van der Waals surface area contributed by atoms with E-state index in [0.29, 0.717) is 53.5 Å². The molecule has 0 radical (unpaired) electrons. The van der Waals surface area contributed by atoms with E-state index in [1.807, 2.05) is 19.1 Å². The number of carbonyl (C=O) groups is 4. The van der Waals surface area contributed by atoms with E-state index in [-0.39, 0.29) is 43.0 Å². The van der Waals surface area contributed by atoms with Crippen LogP contribution < -0.4 is 29.6 Å². The van der Waals surface area contributed by atoms with Gasteiger partial charge in [0.05, 0.1) is 30.7 Å². The van der Waals surface area contributed by atoms with E-state index < -0.39 is 86.1 Å². The molecule has 7 rings (SSSR count). The molecule has 346 valence electrons. The lowest BCUT2D eigenvalue weighted by Gasteiger charge is -2.33. The molecule has 2 aliphatic carbocycles. The Kier molecular flexibility index (Phi) is 13.2. The van der Waals surface area contributed by atoms with Crippen LogP contribution in [0.2, 0.25) is 0 Å². The Hall–Kier alpha value is -5.45. The fraction of sp³-hybridized carbons (Fsp3) is 0.553. The van der Waals surface area contributed by atoms with E-state index in [4.69, 9.17) is 23.9 Å². The third kappa shape index (κ3) is 10.6. The summed E-state index contributed by atoms with van der Waals surface area (Å²) in [6.07, 6.45) is 4.83. The summed E-state index contributed by atoms with van der Waals surface area (Å²) < 4.78 is 67.0. The number of carbonyl (C=O) groups excluding carboxylic acids is 4. The van der Waals surface area contributed by atoms with Gasteiger partial charge >= 0.3 is 6.09 Å². The van der Waals surface area contributed by atoms with E-state index in [1.54, 1.807) is 65.0 Å². The van der Waals surface area contributed by atoms with Crippen molar-refractivity contribution in [3.63, 3.8) is 0 Å². The lowest BCUT2D eigenvalue weighted by molar-refractivity contribution is -0.142. The lowest BCUT2D eigenvalue weighted by Crippen LogP contribution is -2.59. The summed E-state index contributed by atoms with van der Waals surface area (Å²) >= 11 is 0. The maximum absolute atomic E-state index is 15.3. The van der Waals surface area contributed by atoms with Crippen LogP contribution in [-0.2, 0) is 29.1 Å². The van der Waals surface area contributed by atoms with E-state index in [9.17, 15) is 22.8 Å². The molecule has 7 atom stereocenters. The van der Waals surface area contributed by atoms with Crippen LogP contribution in [-0.4, -0.2) is 96.5 Å². The highest BCUT2D eigenvalue weighted by molar-refractivity contribution is 7.91. The van der Waals surface area contributed by atoms with Gasteiger partial charge in [-0.2, -0.15) is 0 Å². The molecule has 3 N–H and O–H groups in total. The van der Waals surface area contributed by atoms with Gasteiger partial charge < -0.3 is 34.5 Å². The predicted octanol–water partition coefficient (Wildman–Crippen LogP) is 6.57. The number of rotatable bonds is 10. The number of hydrogen-bond donors (Lipinski definition) is 3. The number of benzene rings is 2. The van der Waals surface area contributed by atoms with E-state index in [0.717, 1.165) is 6.42 Å². The summed E-state index contributed by atoms with van der Waals surface area (Å²) in [6, 6.07) is 9.30. The maximum Gasteiger partial charge on any atom is 0.408 e. The fourth-order valence-electron chi connectivity index (χ4n) is 8.67. The van der Waals surface area contributed by atoms with Gasteiger partial charge in [-0.3, -0.25) is 19.1 Å². The second-order valence-corrected chi connectivity index (χ2v) is 21.0. The van der Waals surface area contributed by atoms with Crippen LogP contribution in [0.1, 0.15) is 93.4 Å². The molecule has 1 saturated heterocycles. The third-order valence-electron chi connectivity index (χ3n) is 12.2. The molecule has 15 nitrogen and oxygen atoms in total. The molecule has 4 amide bonds. The molecule has 17 heteroatoms. The summed E-state index contributed by atoms with van der Waals surface area (Å²) in [6.45, 7) is 12.6. The highest BCUT2D eigenvalue weighted by Crippen LogP contribution is 2.46. The van der Waals surface area contributed by atoms with Gasteiger partial charge in [0, 0.05) is 23.3 Å². The van der Waals surface area contributed by atoms with Crippen LogP contribution in [0.25, 0.3) is 22.0 Å². The van der Waals surface area contributed by atoms with Crippen LogP contribution in [0, 0.1) is 23.6 Å². The normalized spacial score (nSPS) is 27.0. The summed E-state index contributed by atoms with van der Waals surface area (Å²) in [4.78, 5) is 63.3. The molecule has 2 saturated carbocycles. The van der Waals surface area contributed by atoms with Crippen LogP contribution in [0.4, 0.5) is 9.18 Å². The molecular weight excluding hydrogens is 846 g/mol. The fourth-order valence-corrected chi connectivity index (χ4v) is 10.0. The van der Waals surface area contributed by atoms with Gasteiger partial charge in [-0.15, -0.1) is 0 Å². The quantitative estimate of drug-likeness (QED) is 0.187. The Morgan fingerprint density at radius 2 is 1.78 bits per heavy atom. The number of sulfonamides is 1. The summed E-state index contributed by atoms with van der Waals surface area (Å²) in [5.74, 6) is -2.62. The van der Waals surface area contributed by atoms with Crippen molar-refractivity contribution >= 4 is 44.6 Å². The number of amides is 4. The zero-order valence-corrected chi connectivity index (χ0v) is 38.6. The lowest BCUT2D eigenvalue weighted by atomic mass is 9.88. The zero-order chi connectivity index (χ0) is 46.3. The van der Waals surface area contributed by atoms with Crippen LogP contribution >= 0.6 is 0 Å². The van der Waals surface area contributed by atoms with Gasteiger partial charge in [-0.1, -0.05) is 26.0 Å². The average Bonchev–Trinajstić information content (AvgIpc) is 4.14. The van der Waals surface area contributed by atoms with Gasteiger partial charge in [0.2, 0.25) is 27.7 Å². The van der Waals surface area contributed by atoms with Crippen molar-refractivity contribution in [3.8, 4) is 28.6 Å². The third-order valence-corrected chi connectivity index (χ3v) is 14.0. The molecule has 0 bridgehead atoms. The number of methoxy groups -OCH3 is 1. The molecule has 3 fully saturated rings. The minimum absolute atomic E-state index is 0.0560. The molecular formula is C47H60FN5O10S. The van der Waals surface area contributed by atoms with Crippen LogP contribution in [0.3, 0.4) is 0 Å². The van der Waals surface area contributed by atoms with E-state index in [2.05, 4.69) is 22.3 Å². The zero-order valence-electron chi connectivity index (χ0n) is 37.7. The van der Waals surface area contributed by atoms with Crippen molar-refractivity contribution in [2.45, 2.75) is 134 Å². The first kappa shape index (κ1) is 46.5. The number of alkyl carbamates (subject to hydrolysis) is 1. The number of nitrogens with zero attached hydrogens (tertiary/aromatic N) is 2. The molecule has 2 aromatic carbocycles. The number of fused-ring (bicyclic) bond motifs is 3. The SMILES string of the molecule is COc1ccc2c(O[C@@H]3C[C@H]4C(=O)N[C@]5(C(=O)NS(=O)(=O)C6CC6)C[C@H]5/C=C\CC[C@@H](C)C[C@@H](C)[C@H](NC(=O)OC(C)(C)C)C(=O)N4C3)nc(-c3ccc(OC(C)C)c(F)c3)cc2c1. The van der Waals surface area contributed by atoms with Gasteiger partial charge in [-0.05, 0) is 133 Å². The Morgan fingerprint density at radius 3 is 2.45 bits per heavy atom. The first-order chi connectivity index (χ1) is 30.2. The number of pyridine rings is 1. The van der Waals surface area contributed by atoms with Gasteiger partial charge in [0.25, 0.3) is 5.91 Å². The van der Waals surface area contributed by atoms with Crippen molar-refractivity contribution in [1.29, 1.82) is 0 Å². The molecule has 2 aliphatic heterocycles. The Bertz CT molecular complexity index is 2440. The van der Waals surface area contributed by atoms with Crippen molar-refractivity contribution < 1.29 is 50.9 Å². The topological polar surface area (TPSA) is 192 Å². The first-order valence-electron chi connectivity index (χ1n) is 22.1. The monoisotopic (exact) mass is 905 g/mol. The summed E-state index contributed by atoms with van der Waals surface area (Å²) in [5.41, 5.74) is -1.63. The number of allylic oxidation sites excluding steroid dienone is 1. The standard InChI is InChI=1S/C47H60FN5O10S/c1-26(2)61-39-18-13-29(21-36(39)48)37-22-30-20-32(60-8)14-17-35(30)42(49-37)62-33-23-38-41(54)51-47(44(56)52-64(58,59)34-15-16-34)24-31(47)12-10-9-11-27(3)19-28(4)40(43(55)53(38)25-33)50-45(57)63-46(5,6)7/h10,12-14,17-18,20-22,26-28,31,33-34,38,40H,9,11,15-16,19,23-25H2,1-8H3,(H,50,57)(H,51,54)(H,52,56)/b12-10-/t27-,28-,31-,33-,38+,40+,47-/m1/s1. The smallest absolute Gasteiger partial charge is 0.408 e. The molecule has 4 aliphatic rings. The number of aromatic nitrogens is 1. The van der Waals surface area contributed by atoms with Gasteiger partial charge in [-0.25, -0.2) is 22.6 Å². The summed E-state index contributed by atoms with van der Waals surface area (Å²) in [5, 5.41) is 6.28. The first-order valence-corrected chi connectivity index (χ1v) is 23.7. The predicted molar refractivity (Wildman–Crippen MR) is 238 cm³/mol. The Balaban J connectivity index is 1.26. The van der Waals surface area contributed by atoms with Crippen LogP contribution in [0.15, 0.2) is 54.6 Å². The van der Waals surface area contributed by atoms with Crippen molar-refractivity contribution in [3.05, 3.63) is 60.4 Å². The average molecular weight is 906 g/mol. The van der Waals surface area contributed by atoms with Crippen molar-refractivity contribution in [2.24, 2.45) is 17.8 Å². The molecule has 1 aromatic heterocycles. The number of halogens is 1. The maximum atomic E-state index is 15.3. The Labute approximate surface area is 374 Å². The second kappa shape index (κ2) is 18.2. The largest absolute Gasteiger partial charge is 0.497 e. The minimum Gasteiger partial charge on any atom is -0.497 e. The van der Waals surface area contributed by atoms with Crippen molar-refractivity contribution in [2.75, 3.05) is 13.7 Å². The molecule has 0 spiro atoms. The molecule has 3 aromatic rings. The molecule has 0 unspecified atom stereocenters. The highest BCUT2D eigenvalue weighted by Gasteiger charge is 2.62. The van der Waals surface area contributed by atoms with E-state index in [1.165, 1.54) is 24.1 Å². The van der Waals surface area contributed by atoms with Crippen LogP contribution in [0.5, 0.6) is 17.4 Å². The van der Waals surface area contributed by atoms with Crippen molar-refractivity contribution in [1.82, 2.24) is 25.2 Å². The van der Waals surface area contributed by atoms with E-state index >= 15 is 9.18 Å². The molecule has 3 heterocycles. The van der Waals surface area contributed by atoms with Gasteiger partial charge in [0.15, 0.2) is 11.6 Å². The minimum atomic E-state index is -3.95. The Morgan fingerprint density at radius 1 is 1.03 bits per heavy atom. The number of hydrogen-bond acceptors (Lipinski definition) is 11. The highest BCUT2D eigenvalue weighted by atomic mass is 32.2. The molecule has 64 heavy (non-hydrogen) atoms. The second-order valence-electron chi connectivity index (χ2n) is 19.1. The number of nitrogens with one attached hydrogen (secondary N) is 3. The van der Waals surface area contributed by atoms with Gasteiger partial charge in [0.1, 0.15) is 35.1 Å². The number of ether oxygens (including phenoxy) is 4.